The highest BCUT2D eigenvalue weighted by Gasteiger charge is 2.21. The number of aryl methyl sites for hydroxylation is 1. The highest BCUT2D eigenvalue weighted by molar-refractivity contribution is 6.07. The van der Waals surface area contributed by atoms with Gasteiger partial charge in [0.2, 0.25) is 0 Å². The molecule has 0 atom stereocenters. The number of aromatic nitrogens is 4. The van der Waals surface area contributed by atoms with Gasteiger partial charge in [-0.25, -0.2) is 9.97 Å². The molecule has 10 heteroatoms. The zero-order chi connectivity index (χ0) is 30.6. The number of nitrogens with one attached hydrogen (secondary N) is 3. The fourth-order valence-electron chi connectivity index (χ4n) is 5.15. The van der Waals surface area contributed by atoms with E-state index in [0.717, 1.165) is 16.6 Å². The van der Waals surface area contributed by atoms with Gasteiger partial charge in [-0.2, -0.15) is 5.26 Å². The van der Waals surface area contributed by atoms with Gasteiger partial charge in [0.05, 0.1) is 12.0 Å². The van der Waals surface area contributed by atoms with Crippen molar-refractivity contribution in [2.45, 2.75) is 6.42 Å². The van der Waals surface area contributed by atoms with E-state index in [9.17, 15) is 20.0 Å². The number of anilines is 1. The van der Waals surface area contributed by atoms with Crippen LogP contribution in [0, 0.1) is 11.3 Å². The van der Waals surface area contributed by atoms with E-state index in [4.69, 9.17) is 0 Å². The third-order valence-corrected chi connectivity index (χ3v) is 7.40. The summed E-state index contributed by atoms with van der Waals surface area (Å²) in [7, 11) is 1.80. The van der Waals surface area contributed by atoms with Gasteiger partial charge in [-0.3, -0.25) is 9.59 Å². The number of hydrogen-bond donors (Lipinski definition) is 4. The number of phenolic OH excluding ortho intramolecular Hbond substituents is 1. The van der Waals surface area contributed by atoms with Crippen molar-refractivity contribution in [3.8, 4) is 34.2 Å². The zero-order valence-electron chi connectivity index (χ0n) is 23.7. The maximum Gasteiger partial charge on any atom is 0.273 e. The summed E-state index contributed by atoms with van der Waals surface area (Å²) >= 11 is 0. The van der Waals surface area contributed by atoms with E-state index in [-0.39, 0.29) is 23.0 Å². The lowest BCUT2D eigenvalue weighted by atomic mass is 9.96. The first kappa shape index (κ1) is 27.9. The van der Waals surface area contributed by atoms with E-state index in [1.54, 1.807) is 78.7 Å². The zero-order valence-corrected chi connectivity index (χ0v) is 23.7. The number of para-hydroxylation sites is 2. The van der Waals surface area contributed by atoms with Gasteiger partial charge < -0.3 is 25.3 Å². The van der Waals surface area contributed by atoms with Crippen LogP contribution in [0.4, 0.5) is 5.82 Å². The third-order valence-electron chi connectivity index (χ3n) is 7.40. The first-order valence-corrected chi connectivity index (χ1v) is 13.9. The van der Waals surface area contributed by atoms with Crippen LogP contribution < -0.4 is 10.6 Å². The second kappa shape index (κ2) is 12.0. The van der Waals surface area contributed by atoms with Crippen molar-refractivity contribution in [3.63, 3.8) is 0 Å². The number of amides is 2. The number of fused-ring (bicyclic) bond motifs is 1. The molecular formula is C34H27N7O3. The highest BCUT2D eigenvalue weighted by atomic mass is 16.3. The molecule has 0 fully saturated rings. The molecule has 3 aromatic heterocycles. The van der Waals surface area contributed by atoms with Crippen LogP contribution in [0.15, 0.2) is 97.5 Å². The molecule has 0 unspecified atom stereocenters. The summed E-state index contributed by atoms with van der Waals surface area (Å²) in [4.78, 5) is 38.2. The van der Waals surface area contributed by atoms with E-state index in [1.807, 2.05) is 24.3 Å². The second-order valence-electron chi connectivity index (χ2n) is 10.2. The fourth-order valence-corrected chi connectivity index (χ4v) is 5.15. The summed E-state index contributed by atoms with van der Waals surface area (Å²) in [5, 5.41) is 27.6. The Bertz CT molecular complexity index is 2060. The predicted molar refractivity (Wildman–Crippen MR) is 167 cm³/mol. The Balaban J connectivity index is 1.39. The number of imidazole rings is 1. The molecule has 6 rings (SSSR count). The van der Waals surface area contributed by atoms with Crippen LogP contribution in [-0.4, -0.2) is 43.0 Å². The number of carbonyl (C=O) groups is 2. The topological polar surface area (TPSA) is 149 Å². The molecule has 0 saturated heterocycles. The minimum absolute atomic E-state index is 0.00739. The quantitative estimate of drug-likeness (QED) is 0.188. The van der Waals surface area contributed by atoms with Gasteiger partial charge in [0.25, 0.3) is 11.8 Å². The molecule has 216 valence electrons. The number of pyridine rings is 1. The van der Waals surface area contributed by atoms with Crippen LogP contribution in [0.5, 0.6) is 5.75 Å². The molecule has 3 heterocycles. The van der Waals surface area contributed by atoms with E-state index in [2.05, 4.69) is 31.7 Å². The van der Waals surface area contributed by atoms with Crippen molar-refractivity contribution in [2.75, 3.05) is 11.9 Å². The Hall–Kier alpha value is -6.21. The Morgan fingerprint density at radius 3 is 2.57 bits per heavy atom. The van der Waals surface area contributed by atoms with Crippen LogP contribution in [-0.2, 0) is 13.5 Å². The number of nitrogens with zero attached hydrogens (tertiary/aromatic N) is 4. The summed E-state index contributed by atoms with van der Waals surface area (Å²) in [6.45, 7) is 0.408. The molecule has 10 nitrogen and oxygen atoms in total. The summed E-state index contributed by atoms with van der Waals surface area (Å²) < 4.78 is 1.78. The molecule has 2 amide bonds. The Morgan fingerprint density at radius 1 is 0.977 bits per heavy atom. The van der Waals surface area contributed by atoms with Crippen LogP contribution in [0.1, 0.15) is 32.1 Å². The normalized spacial score (nSPS) is 10.8. The van der Waals surface area contributed by atoms with Gasteiger partial charge in [-0.15, -0.1) is 0 Å². The van der Waals surface area contributed by atoms with E-state index in [1.165, 1.54) is 6.07 Å². The van der Waals surface area contributed by atoms with Crippen LogP contribution >= 0.6 is 0 Å². The predicted octanol–water partition coefficient (Wildman–Crippen LogP) is 5.43. The van der Waals surface area contributed by atoms with E-state index < -0.39 is 5.91 Å². The Morgan fingerprint density at radius 2 is 1.80 bits per heavy atom. The minimum atomic E-state index is -0.446. The van der Waals surface area contributed by atoms with Crippen molar-refractivity contribution in [1.82, 2.24) is 24.8 Å². The monoisotopic (exact) mass is 581 g/mol. The number of H-pyrrole nitrogens is 1. The number of nitriles is 1. The smallest absolute Gasteiger partial charge is 0.273 e. The molecule has 44 heavy (non-hydrogen) atoms. The van der Waals surface area contributed by atoms with Crippen LogP contribution in [0.3, 0.4) is 0 Å². The highest BCUT2D eigenvalue weighted by Crippen LogP contribution is 2.36. The number of aromatic amines is 1. The number of phenols is 1. The molecule has 0 saturated carbocycles. The Labute approximate surface area is 252 Å². The van der Waals surface area contributed by atoms with Gasteiger partial charge in [0.1, 0.15) is 23.1 Å². The summed E-state index contributed by atoms with van der Waals surface area (Å²) in [5.74, 6) is -0.692. The van der Waals surface area contributed by atoms with Crippen LogP contribution in [0.2, 0.25) is 0 Å². The number of benzene rings is 3. The number of aromatic hydroxyl groups is 1. The minimum Gasteiger partial charge on any atom is -0.507 e. The summed E-state index contributed by atoms with van der Waals surface area (Å²) in [6, 6.07) is 26.9. The van der Waals surface area contributed by atoms with Crippen molar-refractivity contribution in [1.29, 1.82) is 5.26 Å². The van der Waals surface area contributed by atoms with Gasteiger partial charge >= 0.3 is 0 Å². The van der Waals surface area contributed by atoms with E-state index >= 15 is 0 Å². The number of rotatable bonds is 8. The number of carbonyl (C=O) groups excluding carboxylic acids is 2. The number of hydrogen-bond acceptors (Lipinski definition) is 6. The SMILES string of the molecule is Cn1c(C(=O)Nc2nc(-c3ccccc3O)cc(-c3cccc(C(=O)NCCc4cnc[nH]4)c3)c2C#N)cc2ccccc21. The maximum atomic E-state index is 13.6. The largest absolute Gasteiger partial charge is 0.507 e. The van der Waals surface area contributed by atoms with Crippen molar-refractivity contribution >= 4 is 28.5 Å². The molecule has 6 aromatic rings. The lowest BCUT2D eigenvalue weighted by Gasteiger charge is -2.15. The third kappa shape index (κ3) is 5.49. The molecule has 0 aliphatic heterocycles. The average molecular weight is 582 g/mol. The van der Waals surface area contributed by atoms with Crippen LogP contribution in [0.25, 0.3) is 33.3 Å². The molecule has 4 N–H and O–H groups in total. The van der Waals surface area contributed by atoms with Crippen molar-refractivity contribution in [3.05, 3.63) is 120 Å². The van der Waals surface area contributed by atoms with Gasteiger partial charge in [0, 0.05) is 59.5 Å². The fraction of sp³-hybridized carbons (Fsp3) is 0.0882. The molecular weight excluding hydrogens is 554 g/mol. The average Bonchev–Trinajstić information content (AvgIpc) is 3.69. The van der Waals surface area contributed by atoms with E-state index in [0.29, 0.717) is 46.6 Å². The molecule has 3 aromatic carbocycles. The Kier molecular flexibility index (Phi) is 7.59. The van der Waals surface area contributed by atoms with Gasteiger partial charge in [0.15, 0.2) is 5.82 Å². The standard InChI is InChI=1S/C34H27N7O3/c1-41-29-11-4-2-7-22(29)16-30(41)34(44)40-32-27(18-35)26(17-28(39-32)25-10-3-5-12-31(25)42)21-8-6-9-23(15-21)33(43)37-14-13-24-19-36-20-38-24/h2-12,15-17,19-20,42H,13-14H2,1H3,(H,36,38)(H,37,43)(H,39,40,44). The lowest BCUT2D eigenvalue weighted by Crippen LogP contribution is -2.25. The maximum absolute atomic E-state index is 13.6. The van der Waals surface area contributed by atoms with Gasteiger partial charge in [-0.05, 0) is 48.0 Å². The molecule has 0 aliphatic carbocycles. The second-order valence-corrected chi connectivity index (χ2v) is 10.2. The first-order chi connectivity index (χ1) is 21.4. The van der Waals surface area contributed by atoms with Crippen molar-refractivity contribution in [2.24, 2.45) is 7.05 Å². The molecule has 0 spiro atoms. The molecule has 0 bridgehead atoms. The lowest BCUT2D eigenvalue weighted by molar-refractivity contribution is 0.0953. The summed E-state index contributed by atoms with van der Waals surface area (Å²) in [5.41, 5.74) is 4.48. The van der Waals surface area contributed by atoms with Crippen molar-refractivity contribution < 1.29 is 14.7 Å². The first-order valence-electron chi connectivity index (χ1n) is 13.9. The van der Waals surface area contributed by atoms with Gasteiger partial charge in [-0.1, -0.05) is 42.5 Å². The summed E-state index contributed by atoms with van der Waals surface area (Å²) in [6.07, 6.45) is 3.89. The molecule has 0 aliphatic rings. The molecule has 0 radical (unpaired) electrons.